The van der Waals surface area contributed by atoms with Crippen LogP contribution in [0.5, 0.6) is 5.75 Å². The second-order valence-corrected chi connectivity index (χ2v) is 6.79. The maximum absolute atomic E-state index is 12.2. The van der Waals surface area contributed by atoms with Crippen molar-refractivity contribution in [1.82, 2.24) is 9.99 Å². The topological polar surface area (TPSA) is 55.6 Å². The fourth-order valence-electron chi connectivity index (χ4n) is 2.90. The Morgan fingerprint density at radius 3 is 2.37 bits per heavy atom. The number of carbonyl (C=O) groups excluding carboxylic acids is 1. The molecule has 3 aromatic rings. The molecular weight excluding hydrogens is 406 g/mol. The number of hydrogen-bond donors (Lipinski definition) is 1. The number of halogens is 1. The first-order valence-corrected chi connectivity index (χ1v) is 9.22. The Morgan fingerprint density at radius 1 is 1.07 bits per heavy atom. The van der Waals surface area contributed by atoms with E-state index in [4.69, 9.17) is 4.74 Å². The predicted molar refractivity (Wildman–Crippen MR) is 111 cm³/mol. The molecule has 0 radical (unpaired) electrons. The van der Waals surface area contributed by atoms with Crippen LogP contribution < -0.4 is 10.2 Å². The van der Waals surface area contributed by atoms with E-state index in [1.54, 1.807) is 37.6 Å². The van der Waals surface area contributed by atoms with Crippen LogP contribution in [0.2, 0.25) is 0 Å². The number of rotatable bonds is 5. The zero-order valence-corrected chi connectivity index (χ0v) is 16.9. The summed E-state index contributed by atoms with van der Waals surface area (Å²) < 4.78 is 8.20. The summed E-state index contributed by atoms with van der Waals surface area (Å²) in [4.78, 5) is 12.2. The molecule has 2 aromatic carbocycles. The van der Waals surface area contributed by atoms with E-state index in [0.717, 1.165) is 27.1 Å². The Kier molecular flexibility index (Phi) is 5.76. The lowest BCUT2D eigenvalue weighted by Crippen LogP contribution is -2.17. The van der Waals surface area contributed by atoms with E-state index in [1.807, 2.05) is 32.0 Å². The monoisotopic (exact) mass is 425 g/mol. The highest BCUT2D eigenvalue weighted by Gasteiger charge is 2.15. The van der Waals surface area contributed by atoms with Crippen molar-refractivity contribution in [3.63, 3.8) is 0 Å². The van der Waals surface area contributed by atoms with Crippen LogP contribution in [0.4, 0.5) is 0 Å². The second kappa shape index (κ2) is 8.22. The smallest absolute Gasteiger partial charge is 0.271 e. The number of para-hydroxylation sites is 1. The minimum absolute atomic E-state index is 0.276. The van der Waals surface area contributed by atoms with Crippen molar-refractivity contribution in [3.8, 4) is 11.4 Å². The quantitative estimate of drug-likeness (QED) is 0.478. The highest BCUT2D eigenvalue weighted by atomic mass is 79.9. The lowest BCUT2D eigenvalue weighted by atomic mass is 10.2. The third-order valence-electron chi connectivity index (χ3n) is 4.34. The molecule has 27 heavy (non-hydrogen) atoms. The van der Waals surface area contributed by atoms with Crippen LogP contribution >= 0.6 is 15.9 Å². The standard InChI is InChI=1S/C21H20BrN3O2/c1-14-19(20(22)15(2)25(14)17-7-5-4-6-8-17)13-23-24-21(26)16-9-11-18(27-3)12-10-16/h4-13H,1-3H3,(H,24,26)/b23-13-. The van der Waals surface area contributed by atoms with E-state index in [0.29, 0.717) is 11.3 Å². The molecule has 0 saturated carbocycles. The first-order chi connectivity index (χ1) is 13.0. The van der Waals surface area contributed by atoms with E-state index in [1.165, 1.54) is 0 Å². The Bertz CT molecular complexity index is 977. The van der Waals surface area contributed by atoms with Gasteiger partial charge in [-0.05, 0) is 66.2 Å². The third-order valence-corrected chi connectivity index (χ3v) is 5.34. The molecule has 5 nitrogen and oxygen atoms in total. The summed E-state index contributed by atoms with van der Waals surface area (Å²) in [7, 11) is 1.59. The van der Waals surface area contributed by atoms with Crippen molar-refractivity contribution in [2.75, 3.05) is 7.11 Å². The molecule has 0 aliphatic heterocycles. The number of hydrazone groups is 1. The zero-order chi connectivity index (χ0) is 19.4. The van der Waals surface area contributed by atoms with Gasteiger partial charge >= 0.3 is 0 Å². The fraction of sp³-hybridized carbons (Fsp3) is 0.143. The van der Waals surface area contributed by atoms with Gasteiger partial charge < -0.3 is 9.30 Å². The zero-order valence-electron chi connectivity index (χ0n) is 15.4. The molecule has 138 valence electrons. The Labute approximate surface area is 166 Å². The second-order valence-electron chi connectivity index (χ2n) is 6.00. The number of amides is 1. The number of aromatic nitrogens is 1. The van der Waals surface area contributed by atoms with Crippen molar-refractivity contribution >= 4 is 28.1 Å². The summed E-state index contributed by atoms with van der Waals surface area (Å²) in [5.41, 5.74) is 7.19. The van der Waals surface area contributed by atoms with Gasteiger partial charge in [-0.15, -0.1) is 0 Å². The fourth-order valence-corrected chi connectivity index (χ4v) is 3.47. The van der Waals surface area contributed by atoms with E-state index >= 15 is 0 Å². The van der Waals surface area contributed by atoms with Gasteiger partial charge in [-0.3, -0.25) is 4.79 Å². The molecule has 1 N–H and O–H groups in total. The number of benzene rings is 2. The molecule has 0 aliphatic carbocycles. The van der Waals surface area contributed by atoms with Crippen LogP contribution in [0.15, 0.2) is 64.2 Å². The lowest BCUT2D eigenvalue weighted by Gasteiger charge is -2.08. The molecule has 0 spiro atoms. The summed E-state index contributed by atoms with van der Waals surface area (Å²) in [6, 6.07) is 17.0. The number of nitrogens with zero attached hydrogens (tertiary/aromatic N) is 2. The Morgan fingerprint density at radius 2 is 1.74 bits per heavy atom. The number of nitrogens with one attached hydrogen (secondary N) is 1. The number of carbonyl (C=O) groups is 1. The maximum atomic E-state index is 12.2. The van der Waals surface area contributed by atoms with Gasteiger partial charge in [0.05, 0.1) is 13.3 Å². The summed E-state index contributed by atoms with van der Waals surface area (Å²) >= 11 is 3.64. The van der Waals surface area contributed by atoms with Crippen molar-refractivity contribution < 1.29 is 9.53 Å². The minimum atomic E-state index is -0.276. The van der Waals surface area contributed by atoms with Gasteiger partial charge in [0.15, 0.2) is 0 Å². The van der Waals surface area contributed by atoms with Crippen LogP contribution in [0.25, 0.3) is 5.69 Å². The van der Waals surface area contributed by atoms with Crippen LogP contribution in [0.3, 0.4) is 0 Å². The van der Waals surface area contributed by atoms with Crippen molar-refractivity contribution in [3.05, 3.63) is 81.6 Å². The average Bonchev–Trinajstić information content (AvgIpc) is 2.91. The van der Waals surface area contributed by atoms with E-state index in [2.05, 4.69) is 43.2 Å². The van der Waals surface area contributed by atoms with Gasteiger partial charge in [0.1, 0.15) is 5.75 Å². The van der Waals surface area contributed by atoms with Crippen LogP contribution in [-0.2, 0) is 0 Å². The third kappa shape index (κ3) is 3.95. The van der Waals surface area contributed by atoms with E-state index in [-0.39, 0.29) is 5.91 Å². The highest BCUT2D eigenvalue weighted by Crippen LogP contribution is 2.29. The largest absolute Gasteiger partial charge is 0.497 e. The maximum Gasteiger partial charge on any atom is 0.271 e. The first kappa shape index (κ1) is 18.9. The molecule has 0 unspecified atom stereocenters. The summed E-state index contributed by atoms with van der Waals surface area (Å²) in [6.07, 6.45) is 1.66. The van der Waals surface area contributed by atoms with E-state index < -0.39 is 0 Å². The van der Waals surface area contributed by atoms with Gasteiger partial charge in [-0.2, -0.15) is 5.10 Å². The Hall–Kier alpha value is -2.86. The van der Waals surface area contributed by atoms with Gasteiger partial charge in [-0.1, -0.05) is 18.2 Å². The number of hydrogen-bond acceptors (Lipinski definition) is 3. The van der Waals surface area contributed by atoms with Gasteiger partial charge in [-0.25, -0.2) is 5.43 Å². The molecule has 1 heterocycles. The summed E-state index contributed by atoms with van der Waals surface area (Å²) in [6.45, 7) is 4.06. The van der Waals surface area contributed by atoms with Gasteiger partial charge in [0, 0.05) is 32.7 Å². The molecule has 0 fully saturated rings. The average molecular weight is 426 g/mol. The molecule has 0 bridgehead atoms. The molecule has 3 rings (SSSR count). The molecule has 1 aromatic heterocycles. The van der Waals surface area contributed by atoms with Crippen LogP contribution in [0, 0.1) is 13.8 Å². The summed E-state index contributed by atoms with van der Waals surface area (Å²) in [5, 5.41) is 4.13. The summed E-state index contributed by atoms with van der Waals surface area (Å²) in [5.74, 6) is 0.425. The predicted octanol–water partition coefficient (Wildman–Crippen LogP) is 4.63. The minimum Gasteiger partial charge on any atom is -0.497 e. The highest BCUT2D eigenvalue weighted by molar-refractivity contribution is 9.10. The van der Waals surface area contributed by atoms with Crippen LogP contribution in [-0.4, -0.2) is 23.8 Å². The molecule has 6 heteroatoms. The normalized spacial score (nSPS) is 11.0. The first-order valence-electron chi connectivity index (χ1n) is 8.43. The number of ether oxygens (including phenoxy) is 1. The SMILES string of the molecule is COc1ccc(C(=O)N/N=C\c2c(Br)c(C)n(-c3ccccc3)c2C)cc1. The molecule has 1 amide bonds. The molecule has 0 aliphatic rings. The van der Waals surface area contributed by atoms with Crippen LogP contribution in [0.1, 0.15) is 27.3 Å². The molecule has 0 atom stereocenters. The van der Waals surface area contributed by atoms with Gasteiger partial charge in [0.25, 0.3) is 5.91 Å². The molecule has 0 saturated heterocycles. The van der Waals surface area contributed by atoms with Crippen molar-refractivity contribution in [2.24, 2.45) is 5.10 Å². The van der Waals surface area contributed by atoms with Crippen molar-refractivity contribution in [1.29, 1.82) is 0 Å². The number of methoxy groups -OCH3 is 1. The van der Waals surface area contributed by atoms with E-state index in [9.17, 15) is 4.79 Å². The lowest BCUT2D eigenvalue weighted by molar-refractivity contribution is 0.0955. The van der Waals surface area contributed by atoms with Gasteiger partial charge in [0.2, 0.25) is 0 Å². The Balaban J connectivity index is 1.80. The van der Waals surface area contributed by atoms with Crippen molar-refractivity contribution in [2.45, 2.75) is 13.8 Å². The molecular formula is C21H20BrN3O2.